The van der Waals surface area contributed by atoms with Gasteiger partial charge in [0, 0.05) is 11.3 Å². The molecule has 0 aliphatic carbocycles. The number of nitrogens with zero attached hydrogens (tertiary/aromatic N) is 1. The number of rotatable bonds is 9. The van der Waals surface area contributed by atoms with Crippen molar-refractivity contribution in [3.05, 3.63) is 120 Å². The fourth-order valence-electron chi connectivity index (χ4n) is 4.16. The molecule has 4 bridgehead atoms. The number of allylic oxidation sites excluding steroid dienone is 2. The second-order valence-corrected chi connectivity index (χ2v) is 9.75. The van der Waals surface area contributed by atoms with Gasteiger partial charge in [0.05, 0.1) is 11.7 Å². The zero-order valence-corrected chi connectivity index (χ0v) is 24.1. The topological polar surface area (TPSA) is 136 Å². The Morgan fingerprint density at radius 2 is 1.86 bits per heavy atom. The lowest BCUT2D eigenvalue weighted by atomic mass is 10.0. The molecule has 0 radical (unpaired) electrons. The van der Waals surface area contributed by atoms with Crippen LogP contribution < -0.4 is 36.1 Å². The summed E-state index contributed by atoms with van der Waals surface area (Å²) in [6, 6.07) is 18.2. The SMILES string of the molecule is C=C/C=C(\C=C)COc1ccccc1C(=O)NNC(=O)C1Nc2ccc(cc2)/C(N)=N\COc2cc1ccc2OC(C)C. The van der Waals surface area contributed by atoms with Crippen LogP contribution in [0, 0.1) is 0 Å². The average Bonchev–Trinajstić information content (AvgIpc) is 3.02. The van der Waals surface area contributed by atoms with Gasteiger partial charge in [0.1, 0.15) is 24.2 Å². The molecule has 2 heterocycles. The zero-order chi connectivity index (χ0) is 30.8. The number of ether oxygens (including phenoxy) is 3. The molecule has 1 atom stereocenters. The number of hydrogen-bond acceptors (Lipinski definition) is 8. The Labute approximate surface area is 250 Å². The van der Waals surface area contributed by atoms with Gasteiger partial charge in [-0.15, -0.1) is 0 Å². The highest BCUT2D eigenvalue weighted by atomic mass is 16.5. The molecule has 1 unspecified atom stereocenters. The monoisotopic (exact) mass is 581 g/mol. The number of hydrazine groups is 1. The largest absolute Gasteiger partial charge is 0.488 e. The molecule has 10 nitrogen and oxygen atoms in total. The number of nitrogens with one attached hydrogen (secondary N) is 3. The van der Waals surface area contributed by atoms with Gasteiger partial charge in [-0.05, 0) is 73.5 Å². The van der Waals surface area contributed by atoms with Crippen LogP contribution in [0.1, 0.15) is 41.4 Å². The van der Waals surface area contributed by atoms with Crippen LogP contribution in [-0.4, -0.2) is 37.1 Å². The first-order chi connectivity index (χ1) is 20.8. The molecule has 5 rings (SSSR count). The first kappa shape index (κ1) is 30.4. The van der Waals surface area contributed by atoms with E-state index in [4.69, 9.17) is 19.9 Å². The fraction of sp³-hybridized carbons (Fsp3) is 0.182. The first-order valence-corrected chi connectivity index (χ1v) is 13.7. The number of carbonyl (C=O) groups is 2. The van der Waals surface area contributed by atoms with Crippen LogP contribution in [0.4, 0.5) is 5.69 Å². The van der Waals surface area contributed by atoms with Gasteiger partial charge in [-0.3, -0.25) is 20.4 Å². The van der Waals surface area contributed by atoms with Crippen molar-refractivity contribution < 1.29 is 23.8 Å². The van der Waals surface area contributed by atoms with E-state index in [0.717, 1.165) is 5.57 Å². The third kappa shape index (κ3) is 8.04. The summed E-state index contributed by atoms with van der Waals surface area (Å²) >= 11 is 0. The number of hydrogen-bond donors (Lipinski definition) is 4. The molecular weight excluding hydrogens is 546 g/mol. The minimum atomic E-state index is -0.925. The van der Waals surface area contributed by atoms with E-state index in [-0.39, 0.29) is 25.0 Å². The number of fused-ring (bicyclic) bond motifs is 5. The maximum absolute atomic E-state index is 13.6. The number of benzene rings is 3. The molecule has 2 aliphatic rings. The predicted octanol–water partition coefficient (Wildman–Crippen LogP) is 4.82. The molecule has 0 fully saturated rings. The smallest absolute Gasteiger partial charge is 0.273 e. The summed E-state index contributed by atoms with van der Waals surface area (Å²) < 4.78 is 17.7. The van der Waals surface area contributed by atoms with Crippen molar-refractivity contribution in [2.75, 3.05) is 18.7 Å². The first-order valence-electron chi connectivity index (χ1n) is 13.7. The Kier molecular flexibility index (Phi) is 10.2. The second-order valence-electron chi connectivity index (χ2n) is 9.75. The Balaban J connectivity index is 1.58. The van der Waals surface area contributed by atoms with E-state index in [1.807, 2.05) is 13.8 Å². The van der Waals surface area contributed by atoms with Crippen molar-refractivity contribution in [3.8, 4) is 17.2 Å². The number of aliphatic imine (C=N–C) groups is 1. The molecule has 0 spiro atoms. The van der Waals surface area contributed by atoms with E-state index < -0.39 is 17.9 Å². The summed E-state index contributed by atoms with van der Waals surface area (Å²) in [6.45, 7) is 11.4. The summed E-state index contributed by atoms with van der Waals surface area (Å²) in [5.41, 5.74) is 14.1. The van der Waals surface area contributed by atoms with E-state index >= 15 is 0 Å². The van der Waals surface area contributed by atoms with Gasteiger partial charge in [-0.2, -0.15) is 0 Å². The van der Waals surface area contributed by atoms with Crippen molar-refractivity contribution in [3.63, 3.8) is 0 Å². The molecule has 0 saturated heterocycles. The minimum absolute atomic E-state index is 0.0506. The van der Waals surface area contributed by atoms with Gasteiger partial charge in [-0.25, -0.2) is 4.99 Å². The quantitative estimate of drug-likeness (QED) is 0.210. The Hall–Kier alpha value is -5.51. The van der Waals surface area contributed by atoms with Gasteiger partial charge in [-0.1, -0.05) is 49.6 Å². The predicted molar refractivity (Wildman–Crippen MR) is 167 cm³/mol. The average molecular weight is 582 g/mol. The summed E-state index contributed by atoms with van der Waals surface area (Å²) in [5, 5.41) is 3.23. The van der Waals surface area contributed by atoms with Crippen LogP contribution in [-0.2, 0) is 4.79 Å². The lowest BCUT2D eigenvalue weighted by molar-refractivity contribution is -0.122. The summed E-state index contributed by atoms with van der Waals surface area (Å²) in [4.78, 5) is 31.1. The van der Waals surface area contributed by atoms with Crippen LogP contribution in [0.25, 0.3) is 0 Å². The molecule has 5 N–H and O–H groups in total. The summed E-state index contributed by atoms with van der Waals surface area (Å²) in [7, 11) is 0. The van der Waals surface area contributed by atoms with Crippen LogP contribution in [0.15, 0.2) is 109 Å². The molecule has 222 valence electrons. The van der Waals surface area contributed by atoms with Gasteiger partial charge in [0.25, 0.3) is 11.8 Å². The van der Waals surface area contributed by atoms with E-state index in [9.17, 15) is 9.59 Å². The van der Waals surface area contributed by atoms with Crippen LogP contribution in [0.2, 0.25) is 0 Å². The van der Waals surface area contributed by atoms with Crippen molar-refractivity contribution in [2.45, 2.75) is 26.0 Å². The van der Waals surface area contributed by atoms with Crippen molar-refractivity contribution in [2.24, 2.45) is 10.7 Å². The fourth-order valence-corrected chi connectivity index (χ4v) is 4.16. The normalized spacial score (nSPS) is 15.7. The van der Waals surface area contributed by atoms with Crippen molar-refractivity contribution in [1.29, 1.82) is 0 Å². The number of amides is 2. The number of amidine groups is 1. The second kappa shape index (κ2) is 14.4. The maximum atomic E-state index is 13.6. The van der Waals surface area contributed by atoms with E-state index in [1.165, 1.54) is 0 Å². The lowest BCUT2D eigenvalue weighted by Gasteiger charge is -2.22. The van der Waals surface area contributed by atoms with Crippen molar-refractivity contribution in [1.82, 2.24) is 10.9 Å². The molecule has 2 aliphatic heterocycles. The van der Waals surface area contributed by atoms with Crippen LogP contribution in [0.5, 0.6) is 17.2 Å². The molecule has 3 aromatic carbocycles. The third-order valence-electron chi connectivity index (χ3n) is 6.29. The van der Waals surface area contributed by atoms with Gasteiger partial charge < -0.3 is 25.3 Å². The zero-order valence-electron chi connectivity index (χ0n) is 24.1. The Morgan fingerprint density at radius 3 is 2.58 bits per heavy atom. The number of para-hydroxylation sites is 1. The van der Waals surface area contributed by atoms with Gasteiger partial charge in [0.15, 0.2) is 18.2 Å². The molecule has 3 aromatic rings. The molecule has 2 amide bonds. The van der Waals surface area contributed by atoms with Crippen LogP contribution in [0.3, 0.4) is 0 Å². The summed E-state index contributed by atoms with van der Waals surface area (Å²) in [6.07, 6.45) is 4.93. The molecule has 0 saturated carbocycles. The van der Waals surface area contributed by atoms with E-state index in [0.29, 0.717) is 39.9 Å². The van der Waals surface area contributed by atoms with Gasteiger partial charge >= 0.3 is 0 Å². The van der Waals surface area contributed by atoms with Gasteiger partial charge in [0.2, 0.25) is 0 Å². The highest BCUT2D eigenvalue weighted by Crippen LogP contribution is 2.33. The standard InChI is InChI=1S/C33H35N5O5/c1-5-9-22(6-2)19-41-27-11-8-7-10-26(27)32(39)37-38-33(40)30-24-14-17-28(43-21(3)4)29(18-24)42-20-35-31(34)23-12-15-25(36-30)16-13-23/h5-18,21,30,36H,1-2,19-20H2,3-4H3,(H2,34,35)(H,37,39)(H,38,40)/b22-9+. The molecular formula is C33H35N5O5. The van der Waals surface area contributed by atoms with Crippen molar-refractivity contribution >= 4 is 23.3 Å². The number of carbonyl (C=O) groups excluding carboxylic acids is 2. The highest BCUT2D eigenvalue weighted by molar-refractivity contribution is 5.99. The highest BCUT2D eigenvalue weighted by Gasteiger charge is 2.24. The van der Waals surface area contributed by atoms with E-state index in [2.05, 4.69) is 34.3 Å². The minimum Gasteiger partial charge on any atom is -0.488 e. The Bertz CT molecular complexity index is 1550. The van der Waals surface area contributed by atoms with E-state index in [1.54, 1.807) is 85.0 Å². The lowest BCUT2D eigenvalue weighted by Crippen LogP contribution is -2.45. The number of anilines is 1. The third-order valence-corrected chi connectivity index (χ3v) is 6.29. The molecule has 10 heteroatoms. The Morgan fingerprint density at radius 1 is 1.09 bits per heavy atom. The van der Waals surface area contributed by atoms with Crippen LogP contribution >= 0.6 is 0 Å². The molecule has 0 aromatic heterocycles. The summed E-state index contributed by atoms with van der Waals surface area (Å²) in [5.74, 6) is 0.469. The number of nitrogens with two attached hydrogens (primary N) is 1. The molecule has 43 heavy (non-hydrogen) atoms. The maximum Gasteiger partial charge on any atom is 0.273 e.